The zero-order chi connectivity index (χ0) is 12.3. The van der Waals surface area contributed by atoms with Gasteiger partial charge in [0.25, 0.3) is 0 Å². The average Bonchev–Trinajstić information content (AvgIpc) is 3.13. The highest BCUT2D eigenvalue weighted by atomic mass is 16.5. The molecule has 2 rings (SSSR count). The molecule has 1 saturated heterocycles. The van der Waals surface area contributed by atoms with Crippen molar-refractivity contribution in [3.05, 3.63) is 0 Å². The van der Waals surface area contributed by atoms with Crippen LogP contribution in [0.25, 0.3) is 0 Å². The van der Waals surface area contributed by atoms with E-state index in [1.54, 1.807) is 0 Å². The maximum absolute atomic E-state index is 11.8. The molecule has 17 heavy (non-hydrogen) atoms. The van der Waals surface area contributed by atoms with Gasteiger partial charge in [0, 0.05) is 18.7 Å². The quantitative estimate of drug-likeness (QED) is 0.759. The summed E-state index contributed by atoms with van der Waals surface area (Å²) in [5.74, 6) is 0.145. The molecule has 0 aromatic rings. The molecule has 0 aromatic carbocycles. The van der Waals surface area contributed by atoms with Crippen LogP contribution in [-0.2, 0) is 9.53 Å². The monoisotopic (exact) mass is 240 g/mol. The van der Waals surface area contributed by atoms with E-state index in [1.807, 2.05) is 6.92 Å². The Kier molecular flexibility index (Phi) is 4.40. The standard InChI is InChI=1S/C13H24N2O2/c1-3-12-8-11(6-7-17-12)14-9(2)13(16)15-10-4-5-10/h9-12,14H,3-8H2,1-2H3,(H,15,16). The summed E-state index contributed by atoms with van der Waals surface area (Å²) in [6.07, 6.45) is 5.75. The molecule has 2 N–H and O–H groups in total. The number of hydrogen-bond donors (Lipinski definition) is 2. The van der Waals surface area contributed by atoms with Crippen LogP contribution in [-0.4, -0.2) is 36.7 Å². The molecule has 1 aliphatic carbocycles. The van der Waals surface area contributed by atoms with Gasteiger partial charge in [0.15, 0.2) is 0 Å². The number of rotatable bonds is 5. The summed E-state index contributed by atoms with van der Waals surface area (Å²) in [5.41, 5.74) is 0. The minimum absolute atomic E-state index is 0.0868. The van der Waals surface area contributed by atoms with E-state index in [9.17, 15) is 4.79 Å². The third-order valence-electron chi connectivity index (χ3n) is 3.63. The van der Waals surface area contributed by atoms with E-state index in [-0.39, 0.29) is 11.9 Å². The summed E-state index contributed by atoms with van der Waals surface area (Å²) < 4.78 is 5.63. The normalized spacial score (nSPS) is 30.9. The highest BCUT2D eigenvalue weighted by Crippen LogP contribution is 2.19. The Bertz CT molecular complexity index is 266. The number of carbonyl (C=O) groups excluding carboxylic acids is 1. The summed E-state index contributed by atoms with van der Waals surface area (Å²) in [5, 5.41) is 6.46. The van der Waals surface area contributed by atoms with Gasteiger partial charge in [0.2, 0.25) is 5.91 Å². The van der Waals surface area contributed by atoms with Gasteiger partial charge in [-0.15, -0.1) is 0 Å². The number of nitrogens with one attached hydrogen (secondary N) is 2. The van der Waals surface area contributed by atoms with E-state index >= 15 is 0 Å². The van der Waals surface area contributed by atoms with Crippen LogP contribution in [0.3, 0.4) is 0 Å². The lowest BCUT2D eigenvalue weighted by molar-refractivity contribution is -0.123. The molecule has 3 atom stereocenters. The largest absolute Gasteiger partial charge is 0.378 e. The van der Waals surface area contributed by atoms with Crippen molar-refractivity contribution < 1.29 is 9.53 Å². The number of amides is 1. The van der Waals surface area contributed by atoms with Crippen molar-refractivity contribution in [3.8, 4) is 0 Å². The minimum Gasteiger partial charge on any atom is -0.378 e. The van der Waals surface area contributed by atoms with Crippen LogP contribution in [0.2, 0.25) is 0 Å². The Morgan fingerprint density at radius 3 is 2.76 bits per heavy atom. The Hall–Kier alpha value is -0.610. The third kappa shape index (κ3) is 3.96. The van der Waals surface area contributed by atoms with Crippen LogP contribution >= 0.6 is 0 Å². The molecule has 0 radical (unpaired) electrons. The predicted octanol–water partition coefficient (Wildman–Crippen LogP) is 1.20. The lowest BCUT2D eigenvalue weighted by atomic mass is 10.0. The molecule has 98 valence electrons. The third-order valence-corrected chi connectivity index (χ3v) is 3.63. The van der Waals surface area contributed by atoms with E-state index in [4.69, 9.17) is 4.74 Å². The minimum atomic E-state index is -0.0868. The first-order chi connectivity index (χ1) is 8.19. The molecular formula is C13H24N2O2. The van der Waals surface area contributed by atoms with Crippen LogP contribution in [0.15, 0.2) is 0 Å². The smallest absolute Gasteiger partial charge is 0.237 e. The van der Waals surface area contributed by atoms with Crippen molar-refractivity contribution in [1.82, 2.24) is 10.6 Å². The van der Waals surface area contributed by atoms with E-state index < -0.39 is 0 Å². The van der Waals surface area contributed by atoms with Crippen LogP contribution in [0, 0.1) is 0 Å². The lowest BCUT2D eigenvalue weighted by Crippen LogP contribution is -2.49. The van der Waals surface area contributed by atoms with Crippen molar-refractivity contribution >= 4 is 5.91 Å². The van der Waals surface area contributed by atoms with Crippen molar-refractivity contribution in [2.24, 2.45) is 0 Å². The molecule has 0 spiro atoms. The van der Waals surface area contributed by atoms with E-state index in [0.29, 0.717) is 18.2 Å². The van der Waals surface area contributed by atoms with Crippen LogP contribution in [0.1, 0.15) is 46.0 Å². The van der Waals surface area contributed by atoms with Crippen molar-refractivity contribution in [2.75, 3.05) is 6.61 Å². The fourth-order valence-corrected chi connectivity index (χ4v) is 2.30. The van der Waals surface area contributed by atoms with Crippen LogP contribution < -0.4 is 10.6 Å². The Labute approximate surface area is 103 Å². The molecule has 1 heterocycles. The lowest BCUT2D eigenvalue weighted by Gasteiger charge is -2.31. The van der Waals surface area contributed by atoms with Gasteiger partial charge in [-0.05, 0) is 39.0 Å². The topological polar surface area (TPSA) is 50.4 Å². The number of ether oxygens (including phenoxy) is 1. The van der Waals surface area contributed by atoms with Crippen molar-refractivity contribution in [1.29, 1.82) is 0 Å². The van der Waals surface area contributed by atoms with Gasteiger partial charge < -0.3 is 15.4 Å². The van der Waals surface area contributed by atoms with E-state index in [0.717, 1.165) is 38.7 Å². The Morgan fingerprint density at radius 1 is 1.35 bits per heavy atom. The maximum Gasteiger partial charge on any atom is 0.237 e. The summed E-state index contributed by atoms with van der Waals surface area (Å²) in [6.45, 7) is 4.91. The Balaban J connectivity index is 1.72. The van der Waals surface area contributed by atoms with Gasteiger partial charge in [0.1, 0.15) is 0 Å². The van der Waals surface area contributed by atoms with Gasteiger partial charge in [-0.1, -0.05) is 6.92 Å². The molecule has 0 aromatic heterocycles. The summed E-state index contributed by atoms with van der Waals surface area (Å²) in [4.78, 5) is 11.8. The second-order valence-corrected chi connectivity index (χ2v) is 5.29. The molecule has 3 unspecified atom stereocenters. The van der Waals surface area contributed by atoms with Crippen molar-refractivity contribution in [2.45, 2.75) is 70.2 Å². The number of hydrogen-bond acceptors (Lipinski definition) is 3. The summed E-state index contributed by atoms with van der Waals surface area (Å²) in [7, 11) is 0. The molecule has 1 aliphatic heterocycles. The average molecular weight is 240 g/mol. The van der Waals surface area contributed by atoms with E-state index in [1.165, 1.54) is 0 Å². The highest BCUT2D eigenvalue weighted by Gasteiger charge is 2.28. The zero-order valence-electron chi connectivity index (χ0n) is 10.9. The Morgan fingerprint density at radius 2 is 2.12 bits per heavy atom. The molecule has 1 saturated carbocycles. The SMILES string of the molecule is CCC1CC(NC(C)C(=O)NC2CC2)CCO1. The first kappa shape index (κ1) is 12.8. The first-order valence-corrected chi connectivity index (χ1v) is 6.87. The number of carbonyl (C=O) groups is 1. The van der Waals surface area contributed by atoms with Gasteiger partial charge in [-0.25, -0.2) is 0 Å². The van der Waals surface area contributed by atoms with Gasteiger partial charge >= 0.3 is 0 Å². The van der Waals surface area contributed by atoms with Gasteiger partial charge in [-0.3, -0.25) is 4.79 Å². The molecule has 4 nitrogen and oxygen atoms in total. The molecular weight excluding hydrogens is 216 g/mol. The summed E-state index contributed by atoms with van der Waals surface area (Å²) in [6, 6.07) is 0.787. The highest BCUT2D eigenvalue weighted by molar-refractivity contribution is 5.81. The maximum atomic E-state index is 11.8. The molecule has 1 amide bonds. The zero-order valence-corrected chi connectivity index (χ0v) is 10.9. The molecule has 2 aliphatic rings. The fourth-order valence-electron chi connectivity index (χ4n) is 2.30. The van der Waals surface area contributed by atoms with Gasteiger partial charge in [-0.2, -0.15) is 0 Å². The molecule has 4 heteroatoms. The van der Waals surface area contributed by atoms with E-state index in [2.05, 4.69) is 17.6 Å². The second-order valence-electron chi connectivity index (χ2n) is 5.29. The fraction of sp³-hybridized carbons (Fsp3) is 0.923. The van der Waals surface area contributed by atoms with Crippen LogP contribution in [0.4, 0.5) is 0 Å². The first-order valence-electron chi connectivity index (χ1n) is 6.87. The summed E-state index contributed by atoms with van der Waals surface area (Å²) >= 11 is 0. The second kappa shape index (κ2) is 5.83. The molecule has 0 bridgehead atoms. The predicted molar refractivity (Wildman–Crippen MR) is 66.8 cm³/mol. The van der Waals surface area contributed by atoms with Crippen LogP contribution in [0.5, 0.6) is 0 Å². The molecule has 2 fully saturated rings. The van der Waals surface area contributed by atoms with Crippen molar-refractivity contribution in [3.63, 3.8) is 0 Å². The van der Waals surface area contributed by atoms with Gasteiger partial charge in [0.05, 0.1) is 12.1 Å².